The van der Waals surface area contributed by atoms with Crippen LogP contribution in [0.4, 0.5) is 10.5 Å². The summed E-state index contributed by atoms with van der Waals surface area (Å²) < 4.78 is 10.5. The van der Waals surface area contributed by atoms with Gasteiger partial charge in [0.15, 0.2) is 11.5 Å². The van der Waals surface area contributed by atoms with E-state index in [0.717, 1.165) is 19.4 Å². The molecule has 26 heavy (non-hydrogen) atoms. The predicted octanol–water partition coefficient (Wildman–Crippen LogP) is 2.96. The number of anilines is 1. The Bertz CT molecular complexity index is 809. The molecule has 1 aromatic heterocycles. The first-order valence-electron chi connectivity index (χ1n) is 8.47. The zero-order chi connectivity index (χ0) is 17.9. The highest BCUT2D eigenvalue weighted by molar-refractivity contribution is 7.10. The Morgan fingerprint density at radius 2 is 2.12 bits per heavy atom. The zero-order valence-electron chi connectivity index (χ0n) is 14.1. The van der Waals surface area contributed by atoms with Crippen LogP contribution in [0.5, 0.6) is 11.5 Å². The number of fused-ring (bicyclic) bond motifs is 1. The van der Waals surface area contributed by atoms with Crippen LogP contribution in [0.1, 0.15) is 23.8 Å². The van der Waals surface area contributed by atoms with Crippen LogP contribution in [0.3, 0.4) is 0 Å². The fourth-order valence-electron chi connectivity index (χ4n) is 3.31. The maximum atomic E-state index is 12.2. The molecule has 1 aromatic carbocycles. The number of nitrogens with zero attached hydrogens (tertiary/aromatic N) is 1. The molecule has 1 fully saturated rings. The number of rotatable bonds is 4. The summed E-state index contributed by atoms with van der Waals surface area (Å²) >= 11 is 1.70. The van der Waals surface area contributed by atoms with E-state index in [0.29, 0.717) is 17.2 Å². The van der Waals surface area contributed by atoms with E-state index in [4.69, 9.17) is 9.47 Å². The van der Waals surface area contributed by atoms with Gasteiger partial charge in [-0.2, -0.15) is 0 Å². The summed E-state index contributed by atoms with van der Waals surface area (Å²) in [5, 5.41) is 7.08. The standard InChI is InChI=1S/C18H19N3O4S/c22-17(10-21-7-1-3-13(21)16-4-2-8-26-16)20-18(23)19-12-5-6-14-15(9-12)25-11-24-14/h2,4-6,8-9,13H,1,3,7,10-11H2,(H2,19,20,22,23). The van der Waals surface area contributed by atoms with Crippen LogP contribution in [-0.2, 0) is 4.79 Å². The number of benzene rings is 1. The lowest BCUT2D eigenvalue weighted by Crippen LogP contribution is -2.41. The minimum atomic E-state index is -0.555. The molecule has 0 spiro atoms. The maximum Gasteiger partial charge on any atom is 0.325 e. The Labute approximate surface area is 154 Å². The molecule has 0 saturated carbocycles. The normalized spacial score (nSPS) is 18.7. The Morgan fingerprint density at radius 1 is 1.23 bits per heavy atom. The Hall–Kier alpha value is -2.58. The molecule has 136 valence electrons. The van der Waals surface area contributed by atoms with Gasteiger partial charge in [0.2, 0.25) is 12.7 Å². The largest absolute Gasteiger partial charge is 0.454 e. The van der Waals surface area contributed by atoms with Gasteiger partial charge in [0.05, 0.1) is 6.54 Å². The van der Waals surface area contributed by atoms with Crippen molar-refractivity contribution in [2.24, 2.45) is 0 Å². The SMILES string of the molecule is O=C(CN1CCCC1c1cccs1)NC(=O)Nc1ccc2c(c1)OCO2. The third-order valence-corrected chi connectivity index (χ3v) is 5.44. The zero-order valence-corrected chi connectivity index (χ0v) is 14.9. The van der Waals surface area contributed by atoms with Crippen molar-refractivity contribution in [3.05, 3.63) is 40.6 Å². The highest BCUT2D eigenvalue weighted by Gasteiger charge is 2.28. The number of carbonyl (C=O) groups excluding carboxylic acids is 2. The molecule has 7 nitrogen and oxygen atoms in total. The number of ether oxygens (including phenoxy) is 2. The molecule has 1 saturated heterocycles. The first-order valence-corrected chi connectivity index (χ1v) is 9.35. The van der Waals surface area contributed by atoms with Gasteiger partial charge in [0.1, 0.15) is 0 Å². The van der Waals surface area contributed by atoms with Gasteiger partial charge < -0.3 is 14.8 Å². The van der Waals surface area contributed by atoms with Crippen molar-refractivity contribution >= 4 is 29.0 Å². The van der Waals surface area contributed by atoms with E-state index < -0.39 is 6.03 Å². The summed E-state index contributed by atoms with van der Waals surface area (Å²) in [6.45, 7) is 1.24. The van der Waals surface area contributed by atoms with E-state index in [9.17, 15) is 9.59 Å². The number of likely N-dealkylation sites (tertiary alicyclic amines) is 1. The monoisotopic (exact) mass is 373 g/mol. The van der Waals surface area contributed by atoms with Crippen molar-refractivity contribution < 1.29 is 19.1 Å². The third-order valence-electron chi connectivity index (χ3n) is 4.47. The highest BCUT2D eigenvalue weighted by Crippen LogP contribution is 2.35. The van der Waals surface area contributed by atoms with E-state index in [-0.39, 0.29) is 25.3 Å². The summed E-state index contributed by atoms with van der Waals surface area (Å²) in [7, 11) is 0. The molecular formula is C18H19N3O4S. The van der Waals surface area contributed by atoms with E-state index >= 15 is 0 Å². The Kier molecular flexibility index (Phi) is 4.77. The highest BCUT2D eigenvalue weighted by atomic mass is 32.1. The molecule has 2 aromatic rings. The molecule has 0 bridgehead atoms. The lowest BCUT2D eigenvalue weighted by molar-refractivity contribution is -0.121. The molecule has 1 atom stereocenters. The van der Waals surface area contributed by atoms with Crippen molar-refractivity contribution in [3.8, 4) is 11.5 Å². The Morgan fingerprint density at radius 3 is 2.96 bits per heavy atom. The molecule has 3 amide bonds. The topological polar surface area (TPSA) is 79.9 Å². The number of urea groups is 1. The number of amides is 3. The second-order valence-corrected chi connectivity index (χ2v) is 7.19. The lowest BCUT2D eigenvalue weighted by atomic mass is 10.2. The van der Waals surface area contributed by atoms with E-state index in [1.165, 1.54) is 4.88 Å². The van der Waals surface area contributed by atoms with E-state index in [2.05, 4.69) is 21.6 Å². The molecule has 4 rings (SSSR count). The molecule has 3 heterocycles. The van der Waals surface area contributed by atoms with Crippen molar-refractivity contribution in [3.63, 3.8) is 0 Å². The molecule has 2 aliphatic rings. The van der Waals surface area contributed by atoms with Crippen molar-refractivity contribution in [2.45, 2.75) is 18.9 Å². The molecule has 0 radical (unpaired) electrons. The number of thiophene rings is 1. The minimum absolute atomic E-state index is 0.171. The van der Waals surface area contributed by atoms with Crippen LogP contribution >= 0.6 is 11.3 Å². The predicted molar refractivity (Wildman–Crippen MR) is 97.6 cm³/mol. The molecule has 1 unspecified atom stereocenters. The van der Waals surface area contributed by atoms with Gasteiger partial charge in [-0.25, -0.2) is 4.79 Å². The molecular weight excluding hydrogens is 354 g/mol. The number of hydrogen-bond acceptors (Lipinski definition) is 6. The Balaban J connectivity index is 1.31. The smallest absolute Gasteiger partial charge is 0.325 e. The van der Waals surface area contributed by atoms with E-state index in [1.54, 1.807) is 29.5 Å². The van der Waals surface area contributed by atoms with Crippen LogP contribution in [0.25, 0.3) is 0 Å². The van der Waals surface area contributed by atoms with Crippen LogP contribution in [0.15, 0.2) is 35.7 Å². The van der Waals surface area contributed by atoms with Gasteiger partial charge >= 0.3 is 6.03 Å². The van der Waals surface area contributed by atoms with Gasteiger partial charge in [-0.3, -0.25) is 15.0 Å². The van der Waals surface area contributed by atoms with Crippen molar-refractivity contribution in [2.75, 3.05) is 25.2 Å². The third kappa shape index (κ3) is 3.66. The quantitative estimate of drug-likeness (QED) is 0.861. The average Bonchev–Trinajstić information content (AvgIpc) is 3.35. The second kappa shape index (κ2) is 7.35. The fourth-order valence-corrected chi connectivity index (χ4v) is 4.20. The summed E-state index contributed by atoms with van der Waals surface area (Å²) in [5.74, 6) is 0.900. The minimum Gasteiger partial charge on any atom is -0.454 e. The van der Waals surface area contributed by atoms with Gasteiger partial charge in [0, 0.05) is 22.7 Å². The first kappa shape index (κ1) is 16.9. The van der Waals surface area contributed by atoms with Crippen LogP contribution in [-0.4, -0.2) is 36.7 Å². The van der Waals surface area contributed by atoms with Gasteiger partial charge in [-0.05, 0) is 43.0 Å². The number of imide groups is 1. The number of nitrogens with one attached hydrogen (secondary N) is 2. The molecule has 2 aliphatic heterocycles. The van der Waals surface area contributed by atoms with Crippen LogP contribution in [0, 0.1) is 0 Å². The molecule has 2 N–H and O–H groups in total. The van der Waals surface area contributed by atoms with Gasteiger partial charge in [-0.1, -0.05) is 6.07 Å². The fraction of sp³-hybridized carbons (Fsp3) is 0.333. The van der Waals surface area contributed by atoms with Gasteiger partial charge in [0.25, 0.3) is 0 Å². The first-order chi connectivity index (χ1) is 12.7. The van der Waals surface area contributed by atoms with Crippen molar-refractivity contribution in [1.29, 1.82) is 0 Å². The summed E-state index contributed by atoms with van der Waals surface area (Å²) in [6, 6.07) is 8.91. The number of hydrogen-bond donors (Lipinski definition) is 2. The van der Waals surface area contributed by atoms with Crippen LogP contribution < -0.4 is 20.1 Å². The molecule has 0 aliphatic carbocycles. The number of carbonyl (C=O) groups is 2. The maximum absolute atomic E-state index is 12.2. The molecule has 8 heteroatoms. The summed E-state index contributed by atoms with van der Waals surface area (Å²) in [6.07, 6.45) is 2.09. The van der Waals surface area contributed by atoms with Gasteiger partial charge in [-0.15, -0.1) is 11.3 Å². The summed E-state index contributed by atoms with van der Waals surface area (Å²) in [4.78, 5) is 27.7. The summed E-state index contributed by atoms with van der Waals surface area (Å²) in [5.41, 5.74) is 0.539. The second-order valence-electron chi connectivity index (χ2n) is 6.21. The lowest BCUT2D eigenvalue weighted by Gasteiger charge is -2.22. The van der Waals surface area contributed by atoms with Crippen LogP contribution in [0.2, 0.25) is 0 Å². The van der Waals surface area contributed by atoms with E-state index in [1.807, 2.05) is 11.4 Å². The van der Waals surface area contributed by atoms with Crippen molar-refractivity contribution in [1.82, 2.24) is 10.2 Å². The average molecular weight is 373 g/mol.